The number of ether oxygens (including phenoxy) is 1. The van der Waals surface area contributed by atoms with E-state index >= 15 is 0 Å². The van der Waals surface area contributed by atoms with Gasteiger partial charge in [0.1, 0.15) is 5.60 Å². The summed E-state index contributed by atoms with van der Waals surface area (Å²) in [7, 11) is 0. The molecule has 2 amide bonds. The highest BCUT2D eigenvalue weighted by Gasteiger charge is 2.34. The minimum atomic E-state index is -0.601. The van der Waals surface area contributed by atoms with E-state index in [1.54, 1.807) is 20.8 Å². The molecule has 0 bridgehead atoms. The zero-order chi connectivity index (χ0) is 10.9. The van der Waals surface area contributed by atoms with Gasteiger partial charge in [-0.25, -0.2) is 9.69 Å². The molecule has 0 aliphatic carbocycles. The van der Waals surface area contributed by atoms with Crippen LogP contribution in [0.25, 0.3) is 0 Å². The van der Waals surface area contributed by atoms with Crippen molar-refractivity contribution in [2.75, 3.05) is 6.54 Å². The number of likely N-dealkylation sites (tertiary alicyclic amines) is 1. The van der Waals surface area contributed by atoms with Crippen molar-refractivity contribution in [2.24, 2.45) is 5.73 Å². The molecule has 5 heteroatoms. The van der Waals surface area contributed by atoms with E-state index in [2.05, 4.69) is 0 Å². The lowest BCUT2D eigenvalue weighted by atomic mass is 10.2. The maximum Gasteiger partial charge on any atom is 0.417 e. The van der Waals surface area contributed by atoms with E-state index in [9.17, 15) is 9.59 Å². The topological polar surface area (TPSA) is 72.6 Å². The van der Waals surface area contributed by atoms with E-state index in [0.29, 0.717) is 0 Å². The van der Waals surface area contributed by atoms with Crippen molar-refractivity contribution in [1.82, 2.24) is 4.90 Å². The molecule has 2 N–H and O–H groups in total. The van der Waals surface area contributed by atoms with E-state index in [4.69, 9.17) is 10.5 Å². The first-order valence-electron chi connectivity index (χ1n) is 4.58. The molecule has 80 valence electrons. The molecular formula is C9H16N2O3. The molecule has 0 unspecified atom stereocenters. The molecule has 0 aromatic rings. The van der Waals surface area contributed by atoms with Crippen LogP contribution in [0.2, 0.25) is 0 Å². The molecule has 1 atom stereocenters. The first-order valence-corrected chi connectivity index (χ1v) is 4.58. The second kappa shape index (κ2) is 3.57. The van der Waals surface area contributed by atoms with Crippen LogP contribution in [0, 0.1) is 0 Å². The standard InChI is InChI=1S/C9H16N2O3/c1-9(2,3)14-8(13)11-5-6(10)4-7(11)12/h6H,4-5,10H2,1-3H3/t6-/m1/s1. The van der Waals surface area contributed by atoms with Crippen molar-refractivity contribution in [3.05, 3.63) is 0 Å². The summed E-state index contributed by atoms with van der Waals surface area (Å²) in [6, 6.07) is -0.255. The van der Waals surface area contributed by atoms with Gasteiger partial charge in [-0.2, -0.15) is 0 Å². The lowest BCUT2D eigenvalue weighted by Crippen LogP contribution is -2.38. The number of carbonyl (C=O) groups excluding carboxylic acids is 2. The third-order valence-electron chi connectivity index (χ3n) is 1.77. The van der Waals surface area contributed by atoms with Gasteiger partial charge in [0.2, 0.25) is 5.91 Å². The summed E-state index contributed by atoms with van der Waals surface area (Å²) in [4.78, 5) is 23.8. The van der Waals surface area contributed by atoms with Gasteiger partial charge in [0, 0.05) is 19.0 Å². The Morgan fingerprint density at radius 1 is 1.57 bits per heavy atom. The molecule has 1 heterocycles. The second-order valence-corrected chi connectivity index (χ2v) is 4.45. The van der Waals surface area contributed by atoms with Crippen LogP contribution in [-0.4, -0.2) is 35.1 Å². The normalized spacial score (nSPS) is 22.7. The van der Waals surface area contributed by atoms with E-state index < -0.39 is 11.7 Å². The predicted molar refractivity (Wildman–Crippen MR) is 50.5 cm³/mol. The van der Waals surface area contributed by atoms with Crippen LogP contribution >= 0.6 is 0 Å². The summed E-state index contributed by atoms with van der Waals surface area (Å²) in [6.07, 6.45) is -0.380. The first-order chi connectivity index (χ1) is 6.29. The van der Waals surface area contributed by atoms with E-state index in [-0.39, 0.29) is 24.9 Å². The Kier molecular flexibility index (Phi) is 2.80. The number of hydrogen-bond acceptors (Lipinski definition) is 4. The third kappa shape index (κ3) is 2.70. The van der Waals surface area contributed by atoms with Gasteiger partial charge in [-0.15, -0.1) is 0 Å². The molecule has 0 saturated carbocycles. The highest BCUT2D eigenvalue weighted by molar-refractivity contribution is 5.94. The zero-order valence-corrected chi connectivity index (χ0v) is 8.74. The molecule has 0 radical (unpaired) electrons. The maximum absolute atomic E-state index is 11.4. The Morgan fingerprint density at radius 2 is 2.14 bits per heavy atom. The van der Waals surface area contributed by atoms with Crippen LogP contribution in [-0.2, 0) is 9.53 Å². The fourth-order valence-electron chi connectivity index (χ4n) is 1.23. The van der Waals surface area contributed by atoms with Gasteiger partial charge < -0.3 is 10.5 Å². The van der Waals surface area contributed by atoms with Crippen LogP contribution in [0.4, 0.5) is 4.79 Å². The Hall–Kier alpha value is -1.10. The summed E-state index contributed by atoms with van der Waals surface area (Å²) >= 11 is 0. The average molecular weight is 200 g/mol. The Morgan fingerprint density at radius 3 is 2.50 bits per heavy atom. The molecule has 1 saturated heterocycles. The SMILES string of the molecule is CC(C)(C)OC(=O)N1C[C@H](N)CC1=O. The molecule has 0 spiro atoms. The highest BCUT2D eigenvalue weighted by Crippen LogP contribution is 2.15. The minimum absolute atomic E-state index is 0.221. The summed E-state index contributed by atoms with van der Waals surface area (Å²) in [5.74, 6) is -0.258. The molecule has 1 rings (SSSR count). The van der Waals surface area contributed by atoms with Crippen molar-refractivity contribution in [3.63, 3.8) is 0 Å². The molecule has 0 aromatic heterocycles. The summed E-state index contributed by atoms with van der Waals surface area (Å²) < 4.78 is 5.05. The monoisotopic (exact) mass is 200 g/mol. The summed E-state index contributed by atoms with van der Waals surface area (Å²) in [5, 5.41) is 0. The van der Waals surface area contributed by atoms with E-state index in [1.165, 1.54) is 0 Å². The Bertz CT molecular complexity index is 257. The Balaban J connectivity index is 2.58. The van der Waals surface area contributed by atoms with Crippen molar-refractivity contribution in [3.8, 4) is 0 Å². The number of nitrogens with two attached hydrogens (primary N) is 1. The summed E-state index contributed by atoms with van der Waals surface area (Å²) in [5.41, 5.74) is 4.97. The largest absolute Gasteiger partial charge is 0.443 e. The lowest BCUT2D eigenvalue weighted by Gasteiger charge is -2.23. The van der Waals surface area contributed by atoms with Crippen LogP contribution in [0.5, 0.6) is 0 Å². The van der Waals surface area contributed by atoms with Crippen molar-refractivity contribution in [2.45, 2.75) is 38.8 Å². The molecule has 0 aromatic carbocycles. The number of nitrogens with zero attached hydrogens (tertiary/aromatic N) is 1. The fraction of sp³-hybridized carbons (Fsp3) is 0.778. The van der Waals surface area contributed by atoms with Gasteiger partial charge in [0.15, 0.2) is 0 Å². The molecular weight excluding hydrogens is 184 g/mol. The van der Waals surface area contributed by atoms with Gasteiger partial charge in [0.25, 0.3) is 0 Å². The third-order valence-corrected chi connectivity index (χ3v) is 1.77. The molecule has 1 fully saturated rings. The van der Waals surface area contributed by atoms with Gasteiger partial charge in [-0.3, -0.25) is 4.79 Å². The van der Waals surface area contributed by atoms with Crippen molar-refractivity contribution >= 4 is 12.0 Å². The van der Waals surface area contributed by atoms with Crippen molar-refractivity contribution in [1.29, 1.82) is 0 Å². The lowest BCUT2D eigenvalue weighted by molar-refractivity contribution is -0.126. The molecule has 1 aliphatic rings. The number of hydrogen-bond donors (Lipinski definition) is 1. The van der Waals surface area contributed by atoms with Crippen molar-refractivity contribution < 1.29 is 14.3 Å². The van der Waals surface area contributed by atoms with Crippen LogP contribution in [0.1, 0.15) is 27.2 Å². The predicted octanol–water partition coefficient (Wildman–Crippen LogP) is 0.481. The first kappa shape index (κ1) is 11.0. The molecule has 1 aliphatic heterocycles. The zero-order valence-electron chi connectivity index (χ0n) is 8.74. The van der Waals surface area contributed by atoms with E-state index in [1.807, 2.05) is 0 Å². The fourth-order valence-corrected chi connectivity index (χ4v) is 1.23. The van der Waals surface area contributed by atoms with Gasteiger partial charge >= 0.3 is 6.09 Å². The second-order valence-electron chi connectivity index (χ2n) is 4.45. The van der Waals surface area contributed by atoms with Crippen LogP contribution in [0.15, 0.2) is 0 Å². The summed E-state index contributed by atoms with van der Waals surface area (Å²) in [6.45, 7) is 5.52. The average Bonchev–Trinajstić information content (AvgIpc) is 2.26. The molecule has 5 nitrogen and oxygen atoms in total. The smallest absolute Gasteiger partial charge is 0.417 e. The molecule has 14 heavy (non-hydrogen) atoms. The number of rotatable bonds is 0. The highest BCUT2D eigenvalue weighted by atomic mass is 16.6. The quantitative estimate of drug-likeness (QED) is 0.617. The van der Waals surface area contributed by atoms with E-state index in [0.717, 1.165) is 4.90 Å². The number of imide groups is 1. The maximum atomic E-state index is 11.4. The Labute approximate surface area is 83.2 Å². The van der Waals surface area contributed by atoms with Crippen LogP contribution < -0.4 is 5.73 Å². The number of carbonyl (C=O) groups is 2. The minimum Gasteiger partial charge on any atom is -0.443 e. The van der Waals surface area contributed by atoms with Gasteiger partial charge in [-0.05, 0) is 20.8 Å². The van der Waals surface area contributed by atoms with Gasteiger partial charge in [-0.1, -0.05) is 0 Å². The van der Waals surface area contributed by atoms with Gasteiger partial charge in [0.05, 0.1) is 0 Å². The number of amides is 2. The van der Waals surface area contributed by atoms with Crippen LogP contribution in [0.3, 0.4) is 0 Å².